The predicted octanol–water partition coefficient (Wildman–Crippen LogP) is 3.14. The Morgan fingerprint density at radius 1 is 1.33 bits per heavy atom. The average molecular weight is 512 g/mol. The summed E-state index contributed by atoms with van der Waals surface area (Å²) < 4.78 is 18.8. The van der Waals surface area contributed by atoms with Gasteiger partial charge in [-0.15, -0.1) is 0 Å². The number of halogens is 2. The lowest BCUT2D eigenvalue weighted by molar-refractivity contribution is 0.104. The van der Waals surface area contributed by atoms with Crippen molar-refractivity contribution in [2.24, 2.45) is 7.05 Å². The number of nitriles is 1. The van der Waals surface area contributed by atoms with Crippen molar-refractivity contribution >= 4 is 34.0 Å². The van der Waals surface area contributed by atoms with E-state index in [1.54, 1.807) is 34.8 Å². The zero-order valence-corrected chi connectivity index (χ0v) is 21.3. The number of fused-ring (bicyclic) bond motifs is 2. The SMILES string of the molecule is CC[C@@H]1CN(c2cc(=O)n(C)c3cn(CC#N)nc23)[C@@H](C)CN1[C@@H](C)c1ccn2nc(Cl)c(F)c2n1. The highest BCUT2D eigenvalue weighted by molar-refractivity contribution is 6.29. The first-order valence-corrected chi connectivity index (χ1v) is 12.3. The fourth-order valence-electron chi connectivity index (χ4n) is 5.14. The summed E-state index contributed by atoms with van der Waals surface area (Å²) in [7, 11) is 1.71. The molecule has 36 heavy (non-hydrogen) atoms. The topological polar surface area (TPSA) is 100 Å². The van der Waals surface area contributed by atoms with E-state index in [0.717, 1.165) is 17.8 Å². The van der Waals surface area contributed by atoms with Crippen molar-refractivity contribution in [2.75, 3.05) is 18.0 Å². The summed E-state index contributed by atoms with van der Waals surface area (Å²) >= 11 is 5.84. The molecule has 4 aromatic heterocycles. The Kier molecular flexibility index (Phi) is 6.18. The van der Waals surface area contributed by atoms with Crippen LogP contribution >= 0.6 is 11.6 Å². The zero-order valence-electron chi connectivity index (χ0n) is 20.6. The van der Waals surface area contributed by atoms with Crippen LogP contribution in [0.1, 0.15) is 38.9 Å². The summed E-state index contributed by atoms with van der Waals surface area (Å²) in [6.07, 6.45) is 4.30. The van der Waals surface area contributed by atoms with E-state index >= 15 is 0 Å². The molecular weight excluding hydrogens is 485 g/mol. The first-order chi connectivity index (χ1) is 17.2. The molecule has 5 heterocycles. The van der Waals surface area contributed by atoms with Crippen molar-refractivity contribution in [3.8, 4) is 6.07 Å². The highest BCUT2D eigenvalue weighted by atomic mass is 35.5. The molecular formula is C24H27ClFN9O. The van der Waals surface area contributed by atoms with Crippen LogP contribution in [-0.2, 0) is 13.6 Å². The molecule has 3 atom stereocenters. The van der Waals surface area contributed by atoms with Crippen LogP contribution in [0.15, 0.2) is 29.3 Å². The van der Waals surface area contributed by atoms with E-state index in [2.05, 4.69) is 51.8 Å². The van der Waals surface area contributed by atoms with Gasteiger partial charge >= 0.3 is 0 Å². The van der Waals surface area contributed by atoms with Gasteiger partial charge in [0.2, 0.25) is 5.82 Å². The van der Waals surface area contributed by atoms with Gasteiger partial charge in [-0.2, -0.15) is 19.8 Å². The Morgan fingerprint density at radius 2 is 2.11 bits per heavy atom. The predicted molar refractivity (Wildman–Crippen MR) is 135 cm³/mol. The maximum absolute atomic E-state index is 14.4. The van der Waals surface area contributed by atoms with Gasteiger partial charge in [0.15, 0.2) is 10.8 Å². The van der Waals surface area contributed by atoms with Gasteiger partial charge in [0.05, 0.1) is 29.2 Å². The Hall–Kier alpha value is -3.49. The van der Waals surface area contributed by atoms with Crippen molar-refractivity contribution in [1.29, 1.82) is 5.26 Å². The summed E-state index contributed by atoms with van der Waals surface area (Å²) in [5.41, 5.74) is 2.91. The second kappa shape index (κ2) is 9.19. The molecule has 1 aliphatic heterocycles. The monoisotopic (exact) mass is 511 g/mol. The lowest BCUT2D eigenvalue weighted by Crippen LogP contribution is -2.58. The molecule has 0 saturated carbocycles. The summed E-state index contributed by atoms with van der Waals surface area (Å²) in [5, 5.41) is 17.5. The average Bonchev–Trinajstić information content (AvgIpc) is 3.41. The van der Waals surface area contributed by atoms with Gasteiger partial charge in [-0.25, -0.2) is 9.50 Å². The van der Waals surface area contributed by atoms with Gasteiger partial charge in [-0.05, 0) is 26.3 Å². The van der Waals surface area contributed by atoms with Crippen LogP contribution in [0.2, 0.25) is 5.15 Å². The van der Waals surface area contributed by atoms with Crippen LogP contribution in [-0.4, -0.2) is 59.0 Å². The molecule has 0 aliphatic carbocycles. The molecule has 0 amide bonds. The molecule has 1 fully saturated rings. The molecule has 1 saturated heterocycles. The third-order valence-corrected chi connectivity index (χ3v) is 7.41. The molecule has 0 aromatic carbocycles. The van der Waals surface area contributed by atoms with Crippen LogP contribution in [0.4, 0.5) is 10.1 Å². The normalized spacial score (nSPS) is 19.8. The van der Waals surface area contributed by atoms with Crippen molar-refractivity contribution in [3.63, 3.8) is 0 Å². The number of piperazine rings is 1. The van der Waals surface area contributed by atoms with Gasteiger partial charge in [-0.3, -0.25) is 14.4 Å². The summed E-state index contributed by atoms with van der Waals surface area (Å²) in [6, 6.07) is 5.74. The molecule has 1 aliphatic rings. The highest BCUT2D eigenvalue weighted by Gasteiger charge is 2.35. The maximum atomic E-state index is 14.4. The third-order valence-electron chi connectivity index (χ3n) is 7.17. The van der Waals surface area contributed by atoms with Gasteiger partial charge in [0.1, 0.15) is 12.1 Å². The number of hydrogen-bond donors (Lipinski definition) is 0. The van der Waals surface area contributed by atoms with Crippen molar-refractivity contribution in [3.05, 3.63) is 51.5 Å². The van der Waals surface area contributed by atoms with E-state index in [1.165, 1.54) is 4.52 Å². The molecule has 0 radical (unpaired) electrons. The third kappa shape index (κ3) is 3.90. The summed E-state index contributed by atoms with van der Waals surface area (Å²) in [5.74, 6) is -0.624. The van der Waals surface area contributed by atoms with E-state index in [9.17, 15) is 9.18 Å². The number of anilines is 1. The molecule has 0 unspecified atom stereocenters. The number of pyridine rings is 1. The van der Waals surface area contributed by atoms with Gasteiger partial charge in [-0.1, -0.05) is 18.5 Å². The highest BCUT2D eigenvalue weighted by Crippen LogP contribution is 2.33. The number of nitrogens with zero attached hydrogens (tertiary/aromatic N) is 9. The smallest absolute Gasteiger partial charge is 0.252 e. The first-order valence-electron chi connectivity index (χ1n) is 11.9. The van der Waals surface area contributed by atoms with Crippen LogP contribution in [0.5, 0.6) is 0 Å². The Balaban J connectivity index is 1.48. The van der Waals surface area contributed by atoms with Crippen LogP contribution < -0.4 is 10.5 Å². The zero-order chi connectivity index (χ0) is 25.7. The standard InChI is InChI=1S/C24H27ClFN9O/c1-5-16-12-33(18-10-20(36)31(4)19-13-32(9-7-27)29-22(18)19)14(2)11-34(16)15(3)17-6-8-35-24(28-17)21(26)23(25)30-35/h6,8,10,13-16H,5,9,11-12H2,1-4H3/t14-,15-,16+/m0/s1. The lowest BCUT2D eigenvalue weighted by atomic mass is 10.00. The van der Waals surface area contributed by atoms with Crippen LogP contribution in [0, 0.1) is 17.1 Å². The van der Waals surface area contributed by atoms with Crippen molar-refractivity contribution < 1.29 is 4.39 Å². The number of aryl methyl sites for hydroxylation is 1. The molecule has 5 rings (SSSR count). The van der Waals surface area contributed by atoms with E-state index in [-0.39, 0.29) is 41.0 Å². The Bertz CT molecular complexity index is 1550. The quantitative estimate of drug-likeness (QED) is 0.405. The first kappa shape index (κ1) is 24.2. The maximum Gasteiger partial charge on any atom is 0.252 e. The fraction of sp³-hybridized carbons (Fsp3) is 0.458. The summed E-state index contributed by atoms with van der Waals surface area (Å²) in [4.78, 5) is 21.9. The molecule has 188 valence electrons. The lowest BCUT2D eigenvalue weighted by Gasteiger charge is -2.48. The van der Waals surface area contributed by atoms with Crippen LogP contribution in [0.25, 0.3) is 16.7 Å². The minimum absolute atomic E-state index is 0.0663. The number of hydrogen-bond acceptors (Lipinski definition) is 7. The minimum atomic E-state index is -0.624. The molecule has 0 spiro atoms. The minimum Gasteiger partial charge on any atom is -0.364 e. The van der Waals surface area contributed by atoms with Crippen molar-refractivity contribution in [1.82, 2.24) is 33.8 Å². The number of aromatic nitrogens is 6. The van der Waals surface area contributed by atoms with Crippen LogP contribution in [0.3, 0.4) is 0 Å². The second-order valence-corrected chi connectivity index (χ2v) is 9.67. The molecule has 4 aromatic rings. The Labute approximate surface area is 212 Å². The largest absolute Gasteiger partial charge is 0.364 e. The van der Waals surface area contributed by atoms with Gasteiger partial charge in [0, 0.05) is 50.5 Å². The molecule has 10 nitrogen and oxygen atoms in total. The van der Waals surface area contributed by atoms with E-state index in [0.29, 0.717) is 24.1 Å². The molecule has 12 heteroatoms. The Morgan fingerprint density at radius 3 is 2.83 bits per heavy atom. The van der Waals surface area contributed by atoms with E-state index in [4.69, 9.17) is 16.9 Å². The van der Waals surface area contributed by atoms with Gasteiger partial charge < -0.3 is 9.47 Å². The van der Waals surface area contributed by atoms with Crippen molar-refractivity contribution in [2.45, 2.75) is 51.9 Å². The second-order valence-electron chi connectivity index (χ2n) is 9.31. The summed E-state index contributed by atoms with van der Waals surface area (Å²) in [6.45, 7) is 7.83. The van der Waals surface area contributed by atoms with E-state index in [1.807, 2.05) is 6.07 Å². The number of rotatable bonds is 5. The molecule has 0 N–H and O–H groups in total. The van der Waals surface area contributed by atoms with Gasteiger partial charge in [0.25, 0.3) is 5.56 Å². The molecule has 0 bridgehead atoms. The fourth-order valence-corrected chi connectivity index (χ4v) is 5.31. The van der Waals surface area contributed by atoms with E-state index < -0.39 is 5.82 Å².